The maximum absolute atomic E-state index is 13.5. The van der Waals surface area contributed by atoms with E-state index in [1.54, 1.807) is 14.0 Å². The third-order valence-electron chi connectivity index (χ3n) is 4.95. The standard InChI is InChI=1S/C23H28N2O5S/c1-13(2)30-17-9-6-8-16(12-17)19-18(20(26)22-14(3)24-15(4)31-22)21(27)23(28)25(19)10-7-11-29-5/h6,8-9,12-13,19,27H,7,10-11H2,1-5H3. The first-order valence-electron chi connectivity index (χ1n) is 10.2. The van der Waals surface area contributed by atoms with Gasteiger partial charge in [0.15, 0.2) is 5.76 Å². The molecule has 1 aromatic carbocycles. The highest BCUT2D eigenvalue weighted by Gasteiger charge is 2.44. The molecule has 1 N–H and O–H groups in total. The van der Waals surface area contributed by atoms with Gasteiger partial charge in [0.25, 0.3) is 5.91 Å². The summed E-state index contributed by atoms with van der Waals surface area (Å²) in [5.74, 6) is -0.797. The summed E-state index contributed by atoms with van der Waals surface area (Å²) in [6.07, 6.45) is 0.556. The van der Waals surface area contributed by atoms with Crippen molar-refractivity contribution in [3.63, 3.8) is 0 Å². The summed E-state index contributed by atoms with van der Waals surface area (Å²) < 4.78 is 10.9. The Labute approximate surface area is 186 Å². The van der Waals surface area contributed by atoms with Crippen molar-refractivity contribution in [2.75, 3.05) is 20.3 Å². The van der Waals surface area contributed by atoms with Crippen LogP contribution in [0, 0.1) is 13.8 Å². The van der Waals surface area contributed by atoms with Crippen LogP contribution in [0.25, 0.3) is 0 Å². The van der Waals surface area contributed by atoms with E-state index in [0.29, 0.717) is 41.5 Å². The van der Waals surface area contributed by atoms with Crippen molar-refractivity contribution in [2.24, 2.45) is 0 Å². The number of rotatable bonds is 9. The summed E-state index contributed by atoms with van der Waals surface area (Å²) in [7, 11) is 1.59. The number of aryl methyl sites for hydroxylation is 2. The summed E-state index contributed by atoms with van der Waals surface area (Å²) in [4.78, 5) is 32.7. The number of carbonyl (C=O) groups excluding carboxylic acids is 2. The predicted octanol–water partition coefficient (Wildman–Crippen LogP) is 4.16. The van der Waals surface area contributed by atoms with Crippen molar-refractivity contribution < 1.29 is 24.2 Å². The third kappa shape index (κ3) is 4.80. The fraction of sp³-hybridized carbons (Fsp3) is 0.435. The molecule has 0 bridgehead atoms. The van der Waals surface area contributed by atoms with E-state index >= 15 is 0 Å². The van der Waals surface area contributed by atoms with E-state index < -0.39 is 17.7 Å². The number of aromatic nitrogens is 1. The smallest absolute Gasteiger partial charge is 0.290 e. The Morgan fingerprint density at radius 2 is 2.06 bits per heavy atom. The van der Waals surface area contributed by atoms with Crippen LogP contribution in [0.1, 0.15) is 52.2 Å². The molecule has 1 unspecified atom stereocenters. The van der Waals surface area contributed by atoms with Gasteiger partial charge in [0.2, 0.25) is 5.78 Å². The minimum absolute atomic E-state index is 0.0221. The molecule has 2 aromatic rings. The SMILES string of the molecule is COCCCN1C(=O)C(O)=C(C(=O)c2sc(C)nc2C)C1c1cccc(OC(C)C)c1. The number of ether oxygens (including phenoxy) is 2. The highest BCUT2D eigenvalue weighted by molar-refractivity contribution is 7.14. The molecule has 0 radical (unpaired) electrons. The molecule has 0 saturated heterocycles. The Bertz CT molecular complexity index is 1010. The number of aliphatic hydroxyl groups is 1. The first-order valence-corrected chi connectivity index (χ1v) is 11.0. The largest absolute Gasteiger partial charge is 0.503 e. The third-order valence-corrected chi connectivity index (χ3v) is 6.02. The average molecular weight is 445 g/mol. The normalized spacial score (nSPS) is 16.5. The molecule has 0 spiro atoms. The lowest BCUT2D eigenvalue weighted by atomic mass is 9.95. The summed E-state index contributed by atoms with van der Waals surface area (Å²) in [6.45, 7) is 8.24. The van der Waals surface area contributed by atoms with E-state index in [9.17, 15) is 14.7 Å². The maximum atomic E-state index is 13.5. The van der Waals surface area contributed by atoms with Crippen LogP contribution in [0.3, 0.4) is 0 Å². The van der Waals surface area contributed by atoms with Gasteiger partial charge < -0.3 is 19.5 Å². The van der Waals surface area contributed by atoms with E-state index in [-0.39, 0.29) is 17.5 Å². The summed E-state index contributed by atoms with van der Waals surface area (Å²) in [6, 6.07) is 6.60. The number of aliphatic hydroxyl groups excluding tert-OH is 1. The van der Waals surface area contributed by atoms with Gasteiger partial charge in [-0.15, -0.1) is 11.3 Å². The number of Topliss-reactive ketones (excluding diaryl/α,β-unsaturated/α-hetero) is 1. The number of carbonyl (C=O) groups is 2. The molecule has 166 valence electrons. The van der Waals surface area contributed by atoms with Gasteiger partial charge in [-0.25, -0.2) is 4.98 Å². The molecule has 3 rings (SSSR count). The van der Waals surface area contributed by atoms with Gasteiger partial charge in [-0.05, 0) is 51.8 Å². The van der Waals surface area contributed by atoms with Crippen LogP contribution in [0.2, 0.25) is 0 Å². The van der Waals surface area contributed by atoms with Gasteiger partial charge in [-0.1, -0.05) is 12.1 Å². The fourth-order valence-corrected chi connectivity index (χ4v) is 4.61. The fourth-order valence-electron chi connectivity index (χ4n) is 3.74. The first kappa shape index (κ1) is 23.0. The topological polar surface area (TPSA) is 89.0 Å². The predicted molar refractivity (Wildman–Crippen MR) is 119 cm³/mol. The summed E-state index contributed by atoms with van der Waals surface area (Å²) >= 11 is 1.26. The molecule has 1 atom stereocenters. The van der Waals surface area contributed by atoms with E-state index in [2.05, 4.69) is 4.98 Å². The van der Waals surface area contributed by atoms with Crippen molar-refractivity contribution in [1.29, 1.82) is 0 Å². The van der Waals surface area contributed by atoms with Crippen molar-refractivity contribution in [1.82, 2.24) is 9.88 Å². The molecule has 0 fully saturated rings. The lowest BCUT2D eigenvalue weighted by molar-refractivity contribution is -0.129. The molecular formula is C23H28N2O5S. The maximum Gasteiger partial charge on any atom is 0.290 e. The number of nitrogens with zero attached hydrogens (tertiary/aromatic N) is 2. The van der Waals surface area contributed by atoms with Gasteiger partial charge >= 0.3 is 0 Å². The minimum Gasteiger partial charge on any atom is -0.503 e. The molecule has 31 heavy (non-hydrogen) atoms. The van der Waals surface area contributed by atoms with E-state index in [1.165, 1.54) is 16.2 Å². The van der Waals surface area contributed by atoms with E-state index in [1.807, 2.05) is 45.0 Å². The second-order valence-electron chi connectivity index (χ2n) is 7.73. The van der Waals surface area contributed by atoms with Crippen LogP contribution in [-0.4, -0.2) is 53.0 Å². The molecule has 8 heteroatoms. The number of ketones is 1. The van der Waals surface area contributed by atoms with Gasteiger partial charge in [-0.3, -0.25) is 9.59 Å². The molecule has 1 aliphatic rings. The Balaban J connectivity index is 2.07. The Hall–Kier alpha value is -2.71. The van der Waals surface area contributed by atoms with Gasteiger partial charge in [0.1, 0.15) is 5.75 Å². The van der Waals surface area contributed by atoms with Gasteiger partial charge in [0.05, 0.1) is 33.3 Å². The lowest BCUT2D eigenvalue weighted by Crippen LogP contribution is -2.32. The highest BCUT2D eigenvalue weighted by Crippen LogP contribution is 2.41. The van der Waals surface area contributed by atoms with Crippen LogP contribution < -0.4 is 4.74 Å². The van der Waals surface area contributed by atoms with Gasteiger partial charge in [0, 0.05) is 20.3 Å². The van der Waals surface area contributed by atoms with Crippen LogP contribution in [-0.2, 0) is 9.53 Å². The van der Waals surface area contributed by atoms with Crippen LogP contribution >= 0.6 is 11.3 Å². The van der Waals surface area contributed by atoms with E-state index in [4.69, 9.17) is 9.47 Å². The minimum atomic E-state index is -0.714. The van der Waals surface area contributed by atoms with Gasteiger partial charge in [-0.2, -0.15) is 0 Å². The van der Waals surface area contributed by atoms with E-state index in [0.717, 1.165) is 5.01 Å². The Morgan fingerprint density at radius 1 is 1.32 bits per heavy atom. The zero-order chi connectivity index (χ0) is 22.7. The molecule has 2 heterocycles. The zero-order valence-corrected chi connectivity index (χ0v) is 19.3. The molecule has 1 aromatic heterocycles. The van der Waals surface area contributed by atoms with Crippen molar-refractivity contribution >= 4 is 23.0 Å². The number of methoxy groups -OCH3 is 1. The average Bonchev–Trinajstić information content (AvgIpc) is 3.18. The zero-order valence-electron chi connectivity index (χ0n) is 18.5. The molecule has 0 aliphatic carbocycles. The number of benzene rings is 1. The molecule has 1 aliphatic heterocycles. The lowest BCUT2D eigenvalue weighted by Gasteiger charge is -2.27. The highest BCUT2D eigenvalue weighted by atomic mass is 32.1. The number of thiazole rings is 1. The second-order valence-corrected chi connectivity index (χ2v) is 8.93. The Morgan fingerprint density at radius 3 is 2.68 bits per heavy atom. The summed E-state index contributed by atoms with van der Waals surface area (Å²) in [5.41, 5.74) is 1.37. The molecular weight excluding hydrogens is 416 g/mol. The first-order chi connectivity index (χ1) is 14.7. The summed E-state index contributed by atoms with van der Waals surface area (Å²) in [5, 5.41) is 11.5. The number of hydrogen-bond donors (Lipinski definition) is 1. The van der Waals surface area contributed by atoms with Crippen LogP contribution in [0.4, 0.5) is 0 Å². The van der Waals surface area contributed by atoms with Crippen molar-refractivity contribution in [3.05, 3.63) is 56.7 Å². The van der Waals surface area contributed by atoms with Crippen molar-refractivity contribution in [3.8, 4) is 5.75 Å². The molecule has 7 nitrogen and oxygen atoms in total. The second kappa shape index (κ2) is 9.62. The molecule has 1 amide bonds. The Kier molecular flexibility index (Phi) is 7.12. The number of amides is 1. The number of hydrogen-bond acceptors (Lipinski definition) is 7. The molecule has 0 saturated carbocycles. The van der Waals surface area contributed by atoms with Crippen LogP contribution in [0.15, 0.2) is 35.6 Å². The monoisotopic (exact) mass is 444 g/mol. The van der Waals surface area contributed by atoms with Crippen LogP contribution in [0.5, 0.6) is 5.75 Å². The van der Waals surface area contributed by atoms with Crippen molar-refractivity contribution in [2.45, 2.75) is 46.3 Å². The quantitative estimate of drug-likeness (QED) is 0.461.